The number of nitrogens with one attached hydrogen (secondary N) is 1. The predicted molar refractivity (Wildman–Crippen MR) is 168 cm³/mol. The van der Waals surface area contributed by atoms with Crippen LogP contribution in [0.3, 0.4) is 0 Å². The monoisotopic (exact) mass is 733 g/mol. The molecule has 10 atom stereocenters. The average Bonchev–Trinajstić information content (AvgIpc) is 3.76. The van der Waals surface area contributed by atoms with E-state index < -0.39 is 74.6 Å². The van der Waals surface area contributed by atoms with Crippen LogP contribution in [0.1, 0.15) is 18.9 Å². The topological polar surface area (TPSA) is 298 Å². The van der Waals surface area contributed by atoms with Gasteiger partial charge in [0, 0.05) is 5.92 Å². The number of aliphatic hydroxyl groups excluding tert-OH is 1. The van der Waals surface area contributed by atoms with E-state index in [1.165, 1.54) is 28.1 Å². The number of nitrogen functional groups attached to an aromatic ring is 2. The van der Waals surface area contributed by atoms with Crippen molar-refractivity contribution in [3.63, 3.8) is 0 Å². The van der Waals surface area contributed by atoms with Crippen LogP contribution in [0.25, 0.3) is 22.3 Å². The summed E-state index contributed by atoms with van der Waals surface area (Å²) in [5.74, 6) is -0.697. The molecule has 0 amide bonds. The van der Waals surface area contributed by atoms with E-state index in [1.807, 2.05) is 0 Å². The molecule has 21 nitrogen and oxygen atoms in total. The van der Waals surface area contributed by atoms with Crippen molar-refractivity contribution >= 4 is 71.7 Å². The number of thiol groups is 1. The number of nitrogens with two attached hydrogens (primary N) is 3. The number of imidazole rings is 2. The van der Waals surface area contributed by atoms with Crippen molar-refractivity contribution in [2.75, 3.05) is 31.2 Å². The highest BCUT2D eigenvalue weighted by molar-refractivity contribution is 8.44. The Labute approximate surface area is 274 Å². The largest absolute Gasteiger partial charge is 0.386 e. The molecule has 0 spiro atoms. The van der Waals surface area contributed by atoms with Crippen LogP contribution in [0.5, 0.6) is 0 Å². The van der Waals surface area contributed by atoms with Crippen LogP contribution in [0, 0.1) is 5.92 Å². The summed E-state index contributed by atoms with van der Waals surface area (Å²) in [5.41, 5.74) is 17.6. The first kappa shape index (κ1) is 32.9. The molecule has 47 heavy (non-hydrogen) atoms. The van der Waals surface area contributed by atoms with Crippen LogP contribution in [0.4, 0.5) is 11.8 Å². The molecular formula is C22H29N11O10P2S2. The molecule has 7 rings (SSSR count). The lowest BCUT2D eigenvalue weighted by Crippen LogP contribution is -2.36. The number of ether oxygens (including phenoxy) is 2. The maximum Gasteiger partial charge on any atom is 0.386 e. The van der Waals surface area contributed by atoms with E-state index in [0.29, 0.717) is 0 Å². The molecule has 3 aliphatic rings. The first-order chi connectivity index (χ1) is 22.4. The van der Waals surface area contributed by atoms with E-state index in [9.17, 15) is 19.4 Å². The summed E-state index contributed by atoms with van der Waals surface area (Å²) >= 11 is 9.56. The summed E-state index contributed by atoms with van der Waals surface area (Å²) in [7, 11) is 0. The van der Waals surface area contributed by atoms with Gasteiger partial charge in [-0.1, -0.05) is 12.2 Å². The Morgan fingerprint density at radius 2 is 1.70 bits per heavy atom. The van der Waals surface area contributed by atoms with Gasteiger partial charge in [0.25, 0.3) is 5.56 Å². The van der Waals surface area contributed by atoms with Gasteiger partial charge in [-0.2, -0.15) is 4.98 Å². The minimum Gasteiger partial charge on any atom is -0.386 e. The van der Waals surface area contributed by atoms with Crippen LogP contribution in [0.2, 0.25) is 0 Å². The van der Waals surface area contributed by atoms with Gasteiger partial charge in [-0.25, -0.2) is 24.5 Å². The summed E-state index contributed by atoms with van der Waals surface area (Å²) in [6, 6.07) is 0. The Hall–Kier alpha value is -2.63. The summed E-state index contributed by atoms with van der Waals surface area (Å²) in [6.45, 7) is -9.10. The number of hydrogen-bond donors (Lipinski definition) is 7. The number of H-pyrrole nitrogens is 1. The Kier molecular flexibility index (Phi) is 8.65. The van der Waals surface area contributed by atoms with Gasteiger partial charge in [0.15, 0.2) is 35.1 Å². The number of nitrogens with zero attached hydrogens (tertiary/aromatic N) is 7. The minimum atomic E-state index is -4.27. The number of hydrogen-bond acceptors (Lipinski definition) is 18. The number of aromatic amines is 1. The summed E-state index contributed by atoms with van der Waals surface area (Å²) in [5, 5.41) is 11.4. The van der Waals surface area contributed by atoms with Gasteiger partial charge in [-0.3, -0.25) is 32.5 Å². The Balaban J connectivity index is 1.23. The predicted octanol–water partition coefficient (Wildman–Crippen LogP) is -0.683. The van der Waals surface area contributed by atoms with E-state index in [-0.39, 0.29) is 53.7 Å². The first-order valence-corrected chi connectivity index (χ1v) is 19.3. The highest BCUT2D eigenvalue weighted by Crippen LogP contribution is 2.59. The smallest absolute Gasteiger partial charge is 0.386 e. The van der Waals surface area contributed by atoms with E-state index in [4.69, 9.17) is 56.6 Å². The molecule has 7 heterocycles. The quantitative estimate of drug-likeness (QED) is 0.101. The maximum atomic E-state index is 13.8. The summed E-state index contributed by atoms with van der Waals surface area (Å²) < 4.78 is 52.2. The molecule has 3 fully saturated rings. The van der Waals surface area contributed by atoms with Crippen molar-refractivity contribution in [2.45, 2.75) is 49.4 Å². The molecular weight excluding hydrogens is 704 g/mol. The molecule has 25 heteroatoms. The Morgan fingerprint density at radius 1 is 1.00 bits per heavy atom. The zero-order chi connectivity index (χ0) is 33.2. The Bertz CT molecular complexity index is 1980. The fourth-order valence-corrected chi connectivity index (χ4v) is 8.88. The molecule has 2 bridgehead atoms. The molecule has 3 aliphatic heterocycles. The summed E-state index contributed by atoms with van der Waals surface area (Å²) in [4.78, 5) is 46.6. The lowest BCUT2D eigenvalue weighted by molar-refractivity contribution is -0.0584. The van der Waals surface area contributed by atoms with Gasteiger partial charge in [-0.05, 0) is 24.8 Å². The van der Waals surface area contributed by atoms with Crippen molar-refractivity contribution < 1.29 is 42.1 Å². The van der Waals surface area contributed by atoms with E-state index >= 15 is 0 Å². The van der Waals surface area contributed by atoms with E-state index in [0.717, 1.165) is 0 Å². The van der Waals surface area contributed by atoms with E-state index in [1.54, 1.807) is 0 Å². The van der Waals surface area contributed by atoms with Crippen molar-refractivity contribution in [3.05, 3.63) is 29.3 Å². The SMILES string of the molecule is NCCC1C2OP(=O)(S)OC[C@H]3O[C@@H](n4cnc5c(N)ncnc54)C(O)C3OP(O)(=S)OC[C@H]1O[C@H]2n1cnc2c(=O)[nH]c(N)nc21. The second kappa shape index (κ2) is 12.4. The van der Waals surface area contributed by atoms with E-state index in [2.05, 4.69) is 42.2 Å². The second-order valence-electron chi connectivity index (χ2n) is 10.9. The molecule has 0 aromatic carbocycles. The number of fused-ring (bicyclic) bond motifs is 5. The first-order valence-electron chi connectivity index (χ1n) is 14.0. The average molecular weight is 734 g/mol. The third-order valence-electron chi connectivity index (χ3n) is 8.00. The molecule has 254 valence electrons. The standard InChI is InChI=1S/C22H29N11O10P2S2/c23-2-1-8-9-3-38-45(37,47)43-15-10(41-20(13(15)34)32-6-28-11-16(24)26-5-27-17(11)32)4-39-44(36,46)42-14(8)21(40-9)33-7-29-12-18(33)30-22(25)31-19(12)35/h5-10,13-15,20-21,34H,1-4,23H2,(H,36,46)(H,37,47)(H2,24,26,27)(H3,25,30,31,35)/t8?,9-,10-,13?,14?,15?,20-,21-,44?,45?/m1/s1. The van der Waals surface area contributed by atoms with Gasteiger partial charge in [-0.15, -0.1) is 0 Å². The van der Waals surface area contributed by atoms with Crippen LogP contribution >= 0.6 is 25.8 Å². The van der Waals surface area contributed by atoms with Crippen molar-refractivity contribution in [1.82, 2.24) is 39.0 Å². The second-order valence-corrected chi connectivity index (χ2v) is 16.6. The van der Waals surface area contributed by atoms with Gasteiger partial charge in [0.2, 0.25) is 5.95 Å². The highest BCUT2D eigenvalue weighted by Gasteiger charge is 2.53. The zero-order valence-electron chi connectivity index (χ0n) is 24.0. The van der Waals surface area contributed by atoms with Gasteiger partial charge in [0.1, 0.15) is 36.3 Å². The lowest BCUT2D eigenvalue weighted by Gasteiger charge is -2.27. The van der Waals surface area contributed by atoms with Gasteiger partial charge < -0.3 is 41.2 Å². The number of aliphatic hydroxyl groups is 1. The third-order valence-corrected chi connectivity index (χ3v) is 11.2. The molecule has 3 saturated heterocycles. The molecule has 0 aliphatic carbocycles. The summed E-state index contributed by atoms with van der Waals surface area (Å²) in [6.07, 6.45) is -4.18. The van der Waals surface area contributed by atoms with Crippen molar-refractivity contribution in [2.24, 2.45) is 11.7 Å². The number of rotatable bonds is 4. The molecule has 0 radical (unpaired) electrons. The molecule has 9 N–H and O–H groups in total. The molecule has 4 aromatic rings. The van der Waals surface area contributed by atoms with Crippen LogP contribution in [-0.2, 0) is 43.9 Å². The van der Waals surface area contributed by atoms with Crippen molar-refractivity contribution in [1.29, 1.82) is 0 Å². The lowest BCUT2D eigenvalue weighted by atomic mass is 9.94. The number of aromatic nitrogens is 8. The van der Waals surface area contributed by atoms with Gasteiger partial charge >= 0.3 is 13.5 Å². The molecule has 6 unspecified atom stereocenters. The van der Waals surface area contributed by atoms with Gasteiger partial charge in [0.05, 0.1) is 32.0 Å². The maximum absolute atomic E-state index is 13.8. The fraction of sp³-hybridized carbons (Fsp3) is 0.545. The third kappa shape index (κ3) is 6.09. The highest BCUT2D eigenvalue weighted by atomic mass is 32.7. The number of anilines is 2. The van der Waals surface area contributed by atoms with Crippen LogP contribution < -0.4 is 22.8 Å². The Morgan fingerprint density at radius 3 is 2.47 bits per heavy atom. The normalized spacial score (nSPS) is 36.6. The zero-order valence-corrected chi connectivity index (χ0v) is 27.5. The van der Waals surface area contributed by atoms with Crippen LogP contribution in [-0.4, -0.2) is 99.3 Å². The molecule has 4 aromatic heterocycles. The van der Waals surface area contributed by atoms with Crippen LogP contribution in [0.15, 0.2) is 23.8 Å². The fourth-order valence-electron chi connectivity index (χ4n) is 5.94. The van der Waals surface area contributed by atoms with Crippen molar-refractivity contribution in [3.8, 4) is 0 Å². The minimum absolute atomic E-state index is 0.0343. The molecule has 0 saturated carbocycles.